The Bertz CT molecular complexity index is 940. The third kappa shape index (κ3) is 4.56. The number of carbonyl (C=O) groups is 1. The van der Waals surface area contributed by atoms with Crippen LogP contribution in [0.15, 0.2) is 59.1 Å². The molecule has 0 radical (unpaired) electrons. The lowest BCUT2D eigenvalue weighted by Crippen LogP contribution is -2.43. The van der Waals surface area contributed by atoms with Gasteiger partial charge in [-0.05, 0) is 42.7 Å². The molecule has 1 unspecified atom stereocenters. The van der Waals surface area contributed by atoms with Gasteiger partial charge in [0.1, 0.15) is 5.75 Å². The molecular formula is C22H24N4O3. The van der Waals surface area contributed by atoms with Crippen LogP contribution in [-0.2, 0) is 11.3 Å². The molecule has 0 saturated carbocycles. The first-order valence-corrected chi connectivity index (χ1v) is 9.77. The first-order chi connectivity index (χ1) is 14.2. The molecule has 0 aliphatic carbocycles. The van der Waals surface area contributed by atoms with Crippen LogP contribution in [0.25, 0.3) is 11.4 Å². The molecule has 2 aromatic carbocycles. The number of anilines is 1. The van der Waals surface area contributed by atoms with E-state index in [1.807, 2.05) is 59.5 Å². The Labute approximate surface area is 169 Å². The fourth-order valence-electron chi connectivity index (χ4n) is 3.50. The summed E-state index contributed by atoms with van der Waals surface area (Å²) in [6.45, 7) is 1.91. The smallest absolute Gasteiger partial charge is 0.324 e. The molecule has 7 nitrogen and oxygen atoms in total. The fourth-order valence-corrected chi connectivity index (χ4v) is 3.50. The van der Waals surface area contributed by atoms with Crippen LogP contribution in [0.2, 0.25) is 0 Å². The van der Waals surface area contributed by atoms with E-state index >= 15 is 0 Å². The van der Waals surface area contributed by atoms with Crippen LogP contribution in [0.1, 0.15) is 18.4 Å². The maximum atomic E-state index is 12.6. The predicted molar refractivity (Wildman–Crippen MR) is 110 cm³/mol. The summed E-state index contributed by atoms with van der Waals surface area (Å²) in [5.74, 6) is 1.27. The van der Waals surface area contributed by atoms with E-state index in [9.17, 15) is 4.79 Å². The van der Waals surface area contributed by atoms with Crippen molar-refractivity contribution in [2.45, 2.75) is 19.4 Å². The zero-order chi connectivity index (χ0) is 20.1. The van der Waals surface area contributed by atoms with Gasteiger partial charge >= 0.3 is 6.01 Å². The van der Waals surface area contributed by atoms with Crippen molar-refractivity contribution in [2.75, 3.05) is 25.1 Å². The highest BCUT2D eigenvalue weighted by atomic mass is 16.5. The summed E-state index contributed by atoms with van der Waals surface area (Å²) in [5, 5.41) is 7.13. The number of amides is 1. The highest BCUT2D eigenvalue weighted by Crippen LogP contribution is 2.26. The third-order valence-electron chi connectivity index (χ3n) is 5.14. The topological polar surface area (TPSA) is 80.5 Å². The molecule has 1 N–H and O–H groups in total. The summed E-state index contributed by atoms with van der Waals surface area (Å²) >= 11 is 0. The molecule has 0 spiro atoms. The highest BCUT2D eigenvalue weighted by molar-refractivity contribution is 5.79. The minimum absolute atomic E-state index is 0.0634. The van der Waals surface area contributed by atoms with Gasteiger partial charge in [0.25, 0.3) is 0 Å². The molecule has 150 valence electrons. The lowest BCUT2D eigenvalue weighted by Gasteiger charge is -2.30. The Kier molecular flexibility index (Phi) is 5.74. The zero-order valence-corrected chi connectivity index (χ0v) is 16.4. The molecule has 29 heavy (non-hydrogen) atoms. The number of piperidine rings is 1. The first kappa shape index (κ1) is 19.0. The van der Waals surface area contributed by atoms with Crippen LogP contribution in [0, 0.1) is 5.92 Å². The number of ether oxygens (including phenoxy) is 1. The van der Waals surface area contributed by atoms with Crippen LogP contribution < -0.4 is 15.0 Å². The molecule has 4 rings (SSSR count). The number of nitrogens with zero attached hydrogens (tertiary/aromatic N) is 3. The molecule has 1 amide bonds. The summed E-state index contributed by atoms with van der Waals surface area (Å²) in [6, 6.07) is 17.9. The van der Waals surface area contributed by atoms with Crippen molar-refractivity contribution in [1.82, 2.24) is 15.5 Å². The largest absolute Gasteiger partial charge is 0.497 e. The Hall–Kier alpha value is -3.35. The van der Waals surface area contributed by atoms with Crippen LogP contribution in [0.3, 0.4) is 0 Å². The molecule has 3 aromatic rings. The minimum atomic E-state index is -0.0937. The van der Waals surface area contributed by atoms with Crippen molar-refractivity contribution in [3.8, 4) is 17.1 Å². The van der Waals surface area contributed by atoms with Gasteiger partial charge in [-0.1, -0.05) is 35.5 Å². The van der Waals surface area contributed by atoms with Gasteiger partial charge < -0.3 is 19.5 Å². The summed E-state index contributed by atoms with van der Waals surface area (Å²) in [4.78, 5) is 19.1. The lowest BCUT2D eigenvalue weighted by atomic mass is 9.97. The zero-order valence-electron chi connectivity index (χ0n) is 16.4. The number of nitrogens with one attached hydrogen (secondary N) is 1. The van der Waals surface area contributed by atoms with E-state index < -0.39 is 0 Å². The predicted octanol–water partition coefficient (Wildman–Crippen LogP) is 3.28. The second kappa shape index (κ2) is 8.77. The van der Waals surface area contributed by atoms with E-state index in [2.05, 4.69) is 15.5 Å². The monoisotopic (exact) mass is 392 g/mol. The second-order valence-electron chi connectivity index (χ2n) is 7.12. The van der Waals surface area contributed by atoms with E-state index in [0.29, 0.717) is 24.9 Å². The maximum absolute atomic E-state index is 12.6. The number of rotatable bonds is 6. The average molecular weight is 392 g/mol. The van der Waals surface area contributed by atoms with E-state index in [1.165, 1.54) is 0 Å². The summed E-state index contributed by atoms with van der Waals surface area (Å²) in [6.07, 6.45) is 1.76. The van der Waals surface area contributed by atoms with Crippen LogP contribution in [-0.4, -0.2) is 36.2 Å². The van der Waals surface area contributed by atoms with Crippen molar-refractivity contribution in [3.63, 3.8) is 0 Å². The number of methoxy groups -OCH3 is 1. The molecular weight excluding hydrogens is 368 g/mol. The molecule has 7 heteroatoms. The van der Waals surface area contributed by atoms with Gasteiger partial charge in [-0.25, -0.2) is 0 Å². The molecule has 2 heterocycles. The Balaban J connectivity index is 1.38. The van der Waals surface area contributed by atoms with Gasteiger partial charge in [0.05, 0.1) is 13.0 Å². The van der Waals surface area contributed by atoms with Crippen LogP contribution in [0.5, 0.6) is 5.75 Å². The maximum Gasteiger partial charge on any atom is 0.324 e. The Morgan fingerprint density at radius 3 is 2.76 bits per heavy atom. The molecule has 0 bridgehead atoms. The number of carbonyl (C=O) groups excluding carboxylic acids is 1. The first-order valence-electron chi connectivity index (χ1n) is 9.77. The van der Waals surface area contributed by atoms with Crippen LogP contribution >= 0.6 is 0 Å². The Morgan fingerprint density at radius 1 is 1.21 bits per heavy atom. The second-order valence-corrected chi connectivity index (χ2v) is 7.12. The van der Waals surface area contributed by atoms with Crippen LogP contribution in [0.4, 0.5) is 6.01 Å². The molecule has 1 aliphatic heterocycles. The number of hydrogen-bond acceptors (Lipinski definition) is 6. The molecule has 1 saturated heterocycles. The van der Waals surface area contributed by atoms with Gasteiger partial charge in [-0.15, -0.1) is 0 Å². The van der Waals surface area contributed by atoms with Gasteiger partial charge in [-0.2, -0.15) is 4.98 Å². The average Bonchev–Trinajstić information content (AvgIpc) is 3.29. The third-order valence-corrected chi connectivity index (χ3v) is 5.14. The summed E-state index contributed by atoms with van der Waals surface area (Å²) in [7, 11) is 1.63. The van der Waals surface area contributed by atoms with E-state index in [1.54, 1.807) is 7.11 Å². The Morgan fingerprint density at radius 2 is 2.00 bits per heavy atom. The van der Waals surface area contributed by atoms with Crippen molar-refractivity contribution in [2.24, 2.45) is 5.92 Å². The van der Waals surface area contributed by atoms with E-state index in [0.717, 1.165) is 36.3 Å². The normalized spacial score (nSPS) is 16.4. The minimum Gasteiger partial charge on any atom is -0.497 e. The highest BCUT2D eigenvalue weighted by Gasteiger charge is 2.28. The van der Waals surface area contributed by atoms with E-state index in [-0.39, 0.29) is 11.8 Å². The molecule has 1 aromatic heterocycles. The van der Waals surface area contributed by atoms with Crippen molar-refractivity contribution >= 4 is 11.9 Å². The standard InChI is InChI=1S/C22H24N4O3/c1-28-19-11-9-17(10-12-19)20-24-22(29-25-20)26-13-5-8-18(15-26)21(27)23-14-16-6-3-2-4-7-16/h2-4,6-7,9-12,18H,5,8,13-15H2,1H3,(H,23,27). The van der Waals surface area contributed by atoms with Gasteiger partial charge in [0, 0.05) is 25.2 Å². The number of aromatic nitrogens is 2. The van der Waals surface area contributed by atoms with Crippen molar-refractivity contribution < 1.29 is 14.1 Å². The number of hydrogen-bond donors (Lipinski definition) is 1. The molecule has 1 aliphatic rings. The summed E-state index contributed by atoms with van der Waals surface area (Å²) in [5.41, 5.74) is 1.95. The quantitative estimate of drug-likeness (QED) is 0.693. The molecule has 1 atom stereocenters. The van der Waals surface area contributed by atoms with Crippen molar-refractivity contribution in [3.05, 3.63) is 60.2 Å². The van der Waals surface area contributed by atoms with Gasteiger partial charge in [-0.3, -0.25) is 4.79 Å². The number of benzene rings is 2. The van der Waals surface area contributed by atoms with Gasteiger partial charge in [0.2, 0.25) is 11.7 Å². The van der Waals surface area contributed by atoms with Gasteiger partial charge in [0.15, 0.2) is 0 Å². The SMILES string of the molecule is COc1ccc(-c2noc(N3CCCC(C(=O)NCc4ccccc4)C3)n2)cc1. The van der Waals surface area contributed by atoms with E-state index in [4.69, 9.17) is 9.26 Å². The molecule has 1 fully saturated rings. The van der Waals surface area contributed by atoms with Crippen molar-refractivity contribution in [1.29, 1.82) is 0 Å². The fraction of sp³-hybridized carbons (Fsp3) is 0.318. The lowest BCUT2D eigenvalue weighted by molar-refractivity contribution is -0.125. The summed E-state index contributed by atoms with van der Waals surface area (Å²) < 4.78 is 10.7.